The van der Waals surface area contributed by atoms with Crippen molar-refractivity contribution >= 4 is 12.9 Å². The number of hydrogen-bond acceptors (Lipinski definition) is 5. The molecule has 1 unspecified atom stereocenters. The van der Waals surface area contributed by atoms with Crippen molar-refractivity contribution in [1.29, 1.82) is 0 Å². The molecule has 0 aliphatic carbocycles. The Morgan fingerprint density at radius 2 is 2.00 bits per heavy atom. The summed E-state index contributed by atoms with van der Waals surface area (Å²) in [6.07, 6.45) is 0.790. The van der Waals surface area contributed by atoms with Crippen molar-refractivity contribution in [2.45, 2.75) is 45.1 Å². The van der Waals surface area contributed by atoms with Crippen LogP contribution in [-0.4, -0.2) is 40.9 Å². The quantitative estimate of drug-likeness (QED) is 0.502. The highest BCUT2D eigenvalue weighted by atomic mass is 16.5. The Morgan fingerprint density at radius 3 is 2.53 bits per heavy atom. The first-order chi connectivity index (χ1) is 8.67. The molecule has 0 bridgehead atoms. The van der Waals surface area contributed by atoms with Gasteiger partial charge in [0.15, 0.2) is 0 Å². The van der Waals surface area contributed by atoms with Crippen molar-refractivity contribution in [3.8, 4) is 0 Å². The molecule has 1 aromatic rings. The highest BCUT2D eigenvalue weighted by Crippen LogP contribution is 2.24. The molecule has 1 radical (unpaired) electrons. The Hall–Kier alpha value is -0.945. The molecular formula is C13H22BN2O3. The van der Waals surface area contributed by atoms with Crippen LogP contribution in [0.4, 0.5) is 0 Å². The molecule has 0 saturated heterocycles. The number of hydrogen-bond donors (Lipinski definition) is 3. The summed E-state index contributed by atoms with van der Waals surface area (Å²) in [5.74, 6) is 0. The van der Waals surface area contributed by atoms with Crippen LogP contribution in [-0.2, 0) is 4.65 Å². The van der Waals surface area contributed by atoms with Gasteiger partial charge in [0.2, 0.25) is 0 Å². The first kappa shape index (κ1) is 16.1. The highest BCUT2D eigenvalue weighted by molar-refractivity contribution is 6.47. The van der Waals surface area contributed by atoms with Crippen molar-refractivity contribution in [3.63, 3.8) is 0 Å². The van der Waals surface area contributed by atoms with Crippen LogP contribution in [0.2, 0.25) is 0 Å². The lowest BCUT2D eigenvalue weighted by molar-refractivity contribution is -0.0893. The van der Waals surface area contributed by atoms with Crippen LogP contribution in [0.1, 0.15) is 39.6 Å². The maximum Gasteiger partial charge on any atom is 0.331 e. The maximum atomic E-state index is 10.00. The average molecular weight is 265 g/mol. The zero-order valence-electron chi connectivity index (χ0n) is 12.1. The van der Waals surface area contributed by atoms with Gasteiger partial charge in [0.1, 0.15) is 6.23 Å². The first-order valence-corrected chi connectivity index (χ1v) is 6.22. The van der Waals surface area contributed by atoms with E-state index in [1.54, 1.807) is 46.7 Å². The summed E-state index contributed by atoms with van der Waals surface area (Å²) in [6, 6.07) is 3.49. The topological polar surface area (TPSA) is 74.6 Å². The second-order valence-corrected chi connectivity index (χ2v) is 5.51. The van der Waals surface area contributed by atoms with E-state index in [0.717, 1.165) is 5.46 Å². The van der Waals surface area contributed by atoms with Gasteiger partial charge in [-0.1, -0.05) is 5.46 Å². The Labute approximate surface area is 115 Å². The molecule has 5 nitrogen and oxygen atoms in total. The molecule has 0 aromatic carbocycles. The number of aromatic nitrogens is 1. The highest BCUT2D eigenvalue weighted by Gasteiger charge is 2.35. The van der Waals surface area contributed by atoms with Crippen molar-refractivity contribution in [2.24, 2.45) is 0 Å². The molecule has 0 aliphatic heterocycles. The number of nitrogens with zero attached hydrogens (tertiary/aromatic N) is 1. The standard InChI is InChI=1S/C13H22BN2O3/c1-12(2,18)13(3,4)19-14-9-6-7-16-10(8-9)11(17)15-5/h6-8,11,15,17-18H,1-5H3. The van der Waals surface area contributed by atoms with Crippen LogP contribution in [0.25, 0.3) is 0 Å². The van der Waals surface area contributed by atoms with E-state index in [9.17, 15) is 10.2 Å². The molecule has 1 heterocycles. The molecule has 0 amide bonds. The first-order valence-electron chi connectivity index (χ1n) is 6.22. The van der Waals surface area contributed by atoms with Crippen LogP contribution in [0.5, 0.6) is 0 Å². The predicted octanol–water partition coefficient (Wildman–Crippen LogP) is 0.102. The number of aliphatic hydroxyl groups excluding tert-OH is 1. The lowest BCUT2D eigenvalue weighted by Crippen LogP contribution is -2.49. The van der Waals surface area contributed by atoms with Crippen molar-refractivity contribution in [3.05, 3.63) is 24.0 Å². The molecule has 0 aliphatic rings. The van der Waals surface area contributed by atoms with Gasteiger partial charge in [0.05, 0.1) is 16.9 Å². The van der Waals surface area contributed by atoms with Gasteiger partial charge < -0.3 is 14.9 Å². The van der Waals surface area contributed by atoms with E-state index in [4.69, 9.17) is 4.65 Å². The van der Waals surface area contributed by atoms with Gasteiger partial charge in [-0.3, -0.25) is 10.3 Å². The zero-order chi connectivity index (χ0) is 14.7. The lowest BCUT2D eigenvalue weighted by atomic mass is 9.83. The van der Waals surface area contributed by atoms with E-state index in [1.165, 1.54) is 0 Å². The lowest BCUT2D eigenvalue weighted by Gasteiger charge is -2.37. The summed E-state index contributed by atoms with van der Waals surface area (Å²) < 4.78 is 5.64. The summed E-state index contributed by atoms with van der Waals surface area (Å²) in [7, 11) is 3.21. The number of rotatable bonds is 6. The fourth-order valence-electron chi connectivity index (χ4n) is 1.20. The van der Waals surface area contributed by atoms with Gasteiger partial charge in [-0.25, -0.2) is 0 Å². The number of pyridine rings is 1. The van der Waals surface area contributed by atoms with Gasteiger partial charge in [-0.15, -0.1) is 0 Å². The molecular weight excluding hydrogens is 243 g/mol. The molecule has 0 saturated carbocycles. The molecule has 0 fully saturated rings. The fourth-order valence-corrected chi connectivity index (χ4v) is 1.20. The Morgan fingerprint density at radius 1 is 1.37 bits per heavy atom. The predicted molar refractivity (Wildman–Crippen MR) is 75.1 cm³/mol. The zero-order valence-corrected chi connectivity index (χ0v) is 12.1. The van der Waals surface area contributed by atoms with E-state index >= 15 is 0 Å². The van der Waals surface area contributed by atoms with Crippen LogP contribution < -0.4 is 10.8 Å². The van der Waals surface area contributed by atoms with E-state index < -0.39 is 17.4 Å². The molecule has 105 valence electrons. The van der Waals surface area contributed by atoms with Crippen LogP contribution >= 0.6 is 0 Å². The second-order valence-electron chi connectivity index (χ2n) is 5.51. The van der Waals surface area contributed by atoms with Gasteiger partial charge in [0, 0.05) is 6.20 Å². The van der Waals surface area contributed by atoms with Gasteiger partial charge in [0.25, 0.3) is 0 Å². The molecule has 1 aromatic heterocycles. The van der Waals surface area contributed by atoms with E-state index in [-0.39, 0.29) is 0 Å². The fraction of sp³-hybridized carbons (Fsp3) is 0.615. The van der Waals surface area contributed by atoms with Crippen LogP contribution in [0.15, 0.2) is 18.3 Å². The summed E-state index contributed by atoms with van der Waals surface area (Å²) in [5.41, 5.74) is -0.403. The van der Waals surface area contributed by atoms with Crippen molar-refractivity contribution < 1.29 is 14.9 Å². The summed E-state index contributed by atoms with van der Waals surface area (Å²) in [4.78, 5) is 4.07. The second kappa shape index (κ2) is 6.01. The largest absolute Gasteiger partial charge is 0.427 e. The minimum atomic E-state index is -0.968. The van der Waals surface area contributed by atoms with Gasteiger partial charge >= 0.3 is 7.48 Å². The Balaban J connectivity index is 2.74. The maximum absolute atomic E-state index is 10.00. The normalized spacial score (nSPS) is 14.3. The summed E-state index contributed by atoms with van der Waals surface area (Å²) in [5, 5.41) is 22.3. The minimum absolute atomic E-state index is 0.515. The molecule has 3 N–H and O–H groups in total. The molecule has 1 rings (SSSR count). The molecule has 19 heavy (non-hydrogen) atoms. The SMILES string of the molecule is CNC(O)c1cc([B]OC(C)(C)C(C)(C)O)ccn1. The number of aliphatic hydroxyl groups is 2. The molecule has 6 heteroatoms. The number of nitrogens with one attached hydrogen (secondary N) is 1. The van der Waals surface area contributed by atoms with Gasteiger partial charge in [-0.05, 0) is 46.9 Å². The van der Waals surface area contributed by atoms with E-state index in [1.807, 2.05) is 13.8 Å². The smallest absolute Gasteiger partial charge is 0.331 e. The van der Waals surface area contributed by atoms with Crippen LogP contribution in [0, 0.1) is 0 Å². The van der Waals surface area contributed by atoms with Gasteiger partial charge in [-0.2, -0.15) is 0 Å². The third kappa shape index (κ3) is 4.28. The summed E-state index contributed by atoms with van der Waals surface area (Å²) in [6.45, 7) is 7.02. The third-order valence-electron chi connectivity index (χ3n) is 3.32. The molecule has 0 spiro atoms. The van der Waals surface area contributed by atoms with Crippen molar-refractivity contribution in [1.82, 2.24) is 10.3 Å². The minimum Gasteiger partial charge on any atom is -0.427 e. The average Bonchev–Trinajstić information content (AvgIpc) is 2.34. The summed E-state index contributed by atoms with van der Waals surface area (Å²) >= 11 is 0. The Kier molecular flexibility index (Phi) is 5.09. The third-order valence-corrected chi connectivity index (χ3v) is 3.32. The van der Waals surface area contributed by atoms with E-state index in [0.29, 0.717) is 5.69 Å². The Bertz CT molecular complexity index is 419. The van der Waals surface area contributed by atoms with E-state index in [2.05, 4.69) is 10.3 Å². The van der Waals surface area contributed by atoms with Crippen molar-refractivity contribution in [2.75, 3.05) is 7.05 Å². The molecule has 1 atom stereocenters. The van der Waals surface area contributed by atoms with Crippen LogP contribution in [0.3, 0.4) is 0 Å². The monoisotopic (exact) mass is 265 g/mol.